The average molecular weight is 367 g/mol. The van der Waals surface area contributed by atoms with E-state index in [1.165, 1.54) is 6.08 Å². The molecule has 140 valence electrons. The fourth-order valence-corrected chi connectivity index (χ4v) is 2.75. The van der Waals surface area contributed by atoms with E-state index in [0.29, 0.717) is 11.3 Å². The van der Waals surface area contributed by atoms with Crippen LogP contribution in [0, 0.1) is 0 Å². The number of carbonyl (C=O) groups excluding carboxylic acids is 1. The standard InChI is InChI=1S/C21H21NO5/c23-20(17-4-8-19(9-5-17)27-15-21(24)25)10-3-16-1-6-18(7-2-16)22-11-13-26-14-12-22/h1-10H,11-15H2,(H,24,25). The summed E-state index contributed by atoms with van der Waals surface area (Å²) in [6.07, 6.45) is 3.30. The Balaban J connectivity index is 1.58. The molecule has 3 rings (SSSR count). The van der Waals surface area contributed by atoms with Gasteiger partial charge in [-0.3, -0.25) is 4.79 Å². The molecule has 0 aromatic heterocycles. The van der Waals surface area contributed by atoms with Crippen LogP contribution in [-0.4, -0.2) is 49.8 Å². The molecule has 0 bridgehead atoms. The van der Waals surface area contributed by atoms with Crippen LogP contribution >= 0.6 is 0 Å². The minimum absolute atomic E-state index is 0.128. The van der Waals surface area contributed by atoms with Crippen molar-refractivity contribution in [3.8, 4) is 5.75 Å². The lowest BCUT2D eigenvalue weighted by atomic mass is 10.1. The lowest BCUT2D eigenvalue weighted by Gasteiger charge is -2.28. The number of benzene rings is 2. The number of carboxylic acid groups (broad SMARTS) is 1. The molecule has 0 atom stereocenters. The predicted octanol–water partition coefficient (Wildman–Crippen LogP) is 2.88. The Hall–Kier alpha value is -3.12. The van der Waals surface area contributed by atoms with Crippen LogP contribution in [0.25, 0.3) is 6.08 Å². The number of hydrogen-bond acceptors (Lipinski definition) is 5. The maximum absolute atomic E-state index is 12.3. The summed E-state index contributed by atoms with van der Waals surface area (Å²) in [5.74, 6) is -0.758. The summed E-state index contributed by atoms with van der Waals surface area (Å²) >= 11 is 0. The summed E-state index contributed by atoms with van der Waals surface area (Å²) in [5, 5.41) is 8.59. The van der Waals surface area contributed by atoms with Gasteiger partial charge in [0.25, 0.3) is 0 Å². The number of anilines is 1. The van der Waals surface area contributed by atoms with Gasteiger partial charge in [-0.2, -0.15) is 0 Å². The van der Waals surface area contributed by atoms with Crippen molar-refractivity contribution >= 4 is 23.5 Å². The zero-order valence-corrected chi connectivity index (χ0v) is 14.8. The Labute approximate surface area is 157 Å². The molecule has 1 saturated heterocycles. The second-order valence-corrected chi connectivity index (χ2v) is 6.10. The second-order valence-electron chi connectivity index (χ2n) is 6.10. The van der Waals surface area contributed by atoms with Gasteiger partial charge in [-0.1, -0.05) is 18.2 Å². The molecule has 0 unspecified atom stereocenters. The van der Waals surface area contributed by atoms with Gasteiger partial charge in [-0.05, 0) is 48.0 Å². The quantitative estimate of drug-likeness (QED) is 0.599. The Morgan fingerprint density at radius 1 is 1.04 bits per heavy atom. The van der Waals surface area contributed by atoms with Crippen LogP contribution in [0.3, 0.4) is 0 Å². The van der Waals surface area contributed by atoms with Crippen LogP contribution in [0.2, 0.25) is 0 Å². The second kappa shape index (κ2) is 9.00. The van der Waals surface area contributed by atoms with Crippen LogP contribution in [0.1, 0.15) is 15.9 Å². The van der Waals surface area contributed by atoms with Crippen LogP contribution in [0.15, 0.2) is 54.6 Å². The third-order valence-electron chi connectivity index (χ3n) is 4.20. The maximum Gasteiger partial charge on any atom is 0.341 e. The third kappa shape index (κ3) is 5.43. The largest absolute Gasteiger partial charge is 0.482 e. The van der Waals surface area contributed by atoms with Crippen LogP contribution in [-0.2, 0) is 9.53 Å². The van der Waals surface area contributed by atoms with E-state index in [9.17, 15) is 9.59 Å². The molecule has 1 aliphatic heterocycles. The summed E-state index contributed by atoms with van der Waals surface area (Å²) in [5.41, 5.74) is 2.61. The highest BCUT2D eigenvalue weighted by Gasteiger charge is 2.10. The molecule has 0 saturated carbocycles. The van der Waals surface area contributed by atoms with Crippen LogP contribution < -0.4 is 9.64 Å². The molecule has 6 heteroatoms. The first-order chi connectivity index (χ1) is 13.1. The first-order valence-corrected chi connectivity index (χ1v) is 8.72. The Kier molecular flexibility index (Phi) is 6.22. The summed E-state index contributed by atoms with van der Waals surface area (Å²) in [6, 6.07) is 14.5. The van der Waals surface area contributed by atoms with Crippen molar-refractivity contribution in [2.45, 2.75) is 0 Å². The molecule has 0 amide bonds. The van der Waals surface area contributed by atoms with E-state index in [2.05, 4.69) is 4.90 Å². The number of carboxylic acids is 1. The van der Waals surface area contributed by atoms with Crippen molar-refractivity contribution in [2.24, 2.45) is 0 Å². The van der Waals surface area contributed by atoms with E-state index in [-0.39, 0.29) is 5.78 Å². The van der Waals surface area contributed by atoms with Crippen molar-refractivity contribution in [3.63, 3.8) is 0 Å². The van der Waals surface area contributed by atoms with Gasteiger partial charge < -0.3 is 19.5 Å². The molecular weight excluding hydrogens is 346 g/mol. The number of rotatable bonds is 7. The highest BCUT2D eigenvalue weighted by Crippen LogP contribution is 2.18. The van der Waals surface area contributed by atoms with E-state index < -0.39 is 12.6 Å². The molecule has 1 heterocycles. The topological polar surface area (TPSA) is 76.1 Å². The van der Waals surface area contributed by atoms with Gasteiger partial charge >= 0.3 is 5.97 Å². The summed E-state index contributed by atoms with van der Waals surface area (Å²) in [4.78, 5) is 25.0. The number of nitrogens with zero attached hydrogens (tertiary/aromatic N) is 1. The molecule has 1 N–H and O–H groups in total. The van der Waals surface area contributed by atoms with E-state index in [4.69, 9.17) is 14.6 Å². The lowest BCUT2D eigenvalue weighted by Crippen LogP contribution is -2.36. The normalized spacial score (nSPS) is 14.3. The van der Waals surface area contributed by atoms with Crippen molar-refractivity contribution in [1.29, 1.82) is 0 Å². The highest BCUT2D eigenvalue weighted by atomic mass is 16.5. The Bertz CT molecular complexity index is 805. The van der Waals surface area contributed by atoms with Crippen LogP contribution in [0.5, 0.6) is 5.75 Å². The zero-order valence-electron chi connectivity index (χ0n) is 14.8. The third-order valence-corrected chi connectivity index (χ3v) is 4.20. The molecule has 2 aromatic carbocycles. The number of morpholine rings is 1. The molecule has 1 fully saturated rings. The highest BCUT2D eigenvalue weighted by molar-refractivity contribution is 6.06. The lowest BCUT2D eigenvalue weighted by molar-refractivity contribution is -0.139. The van der Waals surface area contributed by atoms with Gasteiger partial charge in [0.2, 0.25) is 0 Å². The molecule has 0 spiro atoms. The molecule has 0 radical (unpaired) electrons. The van der Waals surface area contributed by atoms with E-state index in [1.54, 1.807) is 30.3 Å². The monoisotopic (exact) mass is 367 g/mol. The molecule has 2 aromatic rings. The van der Waals surface area contributed by atoms with E-state index in [1.807, 2.05) is 24.3 Å². The molecular formula is C21H21NO5. The zero-order chi connectivity index (χ0) is 19.1. The summed E-state index contributed by atoms with van der Waals surface area (Å²) < 4.78 is 10.4. The van der Waals surface area contributed by atoms with Crippen molar-refractivity contribution in [1.82, 2.24) is 0 Å². The van der Waals surface area contributed by atoms with Crippen molar-refractivity contribution in [2.75, 3.05) is 37.8 Å². The molecule has 0 aliphatic carbocycles. The smallest absolute Gasteiger partial charge is 0.341 e. The van der Waals surface area contributed by atoms with Gasteiger partial charge in [0.05, 0.1) is 13.2 Å². The van der Waals surface area contributed by atoms with Gasteiger partial charge in [-0.15, -0.1) is 0 Å². The number of hydrogen-bond donors (Lipinski definition) is 1. The molecule has 27 heavy (non-hydrogen) atoms. The number of ketones is 1. The minimum atomic E-state index is -1.04. The summed E-state index contributed by atoms with van der Waals surface area (Å²) in [6.45, 7) is 2.86. The van der Waals surface area contributed by atoms with E-state index >= 15 is 0 Å². The van der Waals surface area contributed by atoms with Gasteiger partial charge in [0, 0.05) is 24.3 Å². The maximum atomic E-state index is 12.3. The number of ether oxygens (including phenoxy) is 2. The summed E-state index contributed by atoms with van der Waals surface area (Å²) in [7, 11) is 0. The molecule has 1 aliphatic rings. The Morgan fingerprint density at radius 3 is 2.33 bits per heavy atom. The number of aliphatic carboxylic acids is 1. The minimum Gasteiger partial charge on any atom is -0.482 e. The average Bonchev–Trinajstić information content (AvgIpc) is 2.72. The van der Waals surface area contributed by atoms with Crippen molar-refractivity contribution < 1.29 is 24.2 Å². The Morgan fingerprint density at radius 2 is 1.70 bits per heavy atom. The fraction of sp³-hybridized carbons (Fsp3) is 0.238. The van der Waals surface area contributed by atoms with Gasteiger partial charge in [0.15, 0.2) is 12.4 Å². The number of allylic oxidation sites excluding steroid dienone is 1. The van der Waals surface area contributed by atoms with Gasteiger partial charge in [0.1, 0.15) is 5.75 Å². The number of carbonyl (C=O) groups is 2. The first kappa shape index (κ1) is 18.7. The fourth-order valence-electron chi connectivity index (χ4n) is 2.75. The first-order valence-electron chi connectivity index (χ1n) is 8.72. The SMILES string of the molecule is O=C(O)COc1ccc(C(=O)C=Cc2ccc(N3CCOCC3)cc2)cc1. The molecule has 6 nitrogen and oxygen atoms in total. The van der Waals surface area contributed by atoms with Crippen LogP contribution in [0.4, 0.5) is 5.69 Å². The van der Waals surface area contributed by atoms with Gasteiger partial charge in [-0.25, -0.2) is 4.79 Å². The van der Waals surface area contributed by atoms with Crippen molar-refractivity contribution in [3.05, 3.63) is 65.7 Å². The van der Waals surface area contributed by atoms with E-state index in [0.717, 1.165) is 37.6 Å². The predicted molar refractivity (Wildman–Crippen MR) is 102 cm³/mol.